The number of ether oxygens (including phenoxy) is 1. The number of esters is 1. The van der Waals surface area contributed by atoms with Crippen LogP contribution in [-0.4, -0.2) is 25.0 Å². The number of methoxy groups -OCH3 is 1. The van der Waals surface area contributed by atoms with E-state index in [1.807, 2.05) is 0 Å². The predicted molar refractivity (Wildman–Crippen MR) is 66.8 cm³/mol. The van der Waals surface area contributed by atoms with Crippen LogP contribution >= 0.6 is 0 Å². The number of nitrogens with one attached hydrogen (secondary N) is 1. The van der Waals surface area contributed by atoms with E-state index in [0.29, 0.717) is 6.42 Å². The number of hydrogen-bond acceptors (Lipinski definition) is 3. The zero-order valence-corrected chi connectivity index (χ0v) is 11.2. The van der Waals surface area contributed by atoms with Crippen LogP contribution in [0.2, 0.25) is 0 Å². The highest BCUT2D eigenvalue weighted by atomic mass is 19.1. The van der Waals surface area contributed by atoms with E-state index in [9.17, 15) is 18.4 Å². The van der Waals surface area contributed by atoms with Gasteiger partial charge in [0.15, 0.2) is 0 Å². The lowest BCUT2D eigenvalue weighted by molar-refractivity contribution is -0.144. The van der Waals surface area contributed by atoms with Gasteiger partial charge in [-0.3, -0.25) is 4.79 Å². The molecule has 0 aliphatic heterocycles. The average molecular weight is 283 g/mol. The van der Waals surface area contributed by atoms with E-state index in [4.69, 9.17) is 0 Å². The lowest BCUT2D eigenvalue weighted by Crippen LogP contribution is -2.40. The number of carbonyl (C=O) groups is 2. The van der Waals surface area contributed by atoms with Gasteiger partial charge in [0, 0.05) is 17.4 Å². The van der Waals surface area contributed by atoms with Crippen molar-refractivity contribution < 1.29 is 23.1 Å². The monoisotopic (exact) mass is 283 g/mol. The Hall–Kier alpha value is -1.98. The molecule has 1 N–H and O–H groups in total. The Kier molecular flexibility index (Phi) is 4.01. The zero-order valence-electron chi connectivity index (χ0n) is 11.2. The fraction of sp³-hybridized carbons (Fsp3) is 0.429. The van der Waals surface area contributed by atoms with Gasteiger partial charge in [-0.1, -0.05) is 6.07 Å². The van der Waals surface area contributed by atoms with Crippen molar-refractivity contribution in [3.05, 3.63) is 35.4 Å². The van der Waals surface area contributed by atoms with Crippen molar-refractivity contribution in [3.63, 3.8) is 0 Å². The molecule has 1 aliphatic rings. The van der Waals surface area contributed by atoms with Crippen LogP contribution in [0.4, 0.5) is 8.78 Å². The molecule has 3 atom stereocenters. The van der Waals surface area contributed by atoms with E-state index >= 15 is 0 Å². The minimum absolute atomic E-state index is 0.0571. The molecule has 20 heavy (non-hydrogen) atoms. The smallest absolute Gasteiger partial charge is 0.328 e. The molecule has 1 aromatic carbocycles. The van der Waals surface area contributed by atoms with Crippen LogP contribution in [0.1, 0.15) is 24.8 Å². The van der Waals surface area contributed by atoms with Gasteiger partial charge in [0.25, 0.3) is 0 Å². The number of amides is 1. The number of benzene rings is 1. The first-order valence-corrected chi connectivity index (χ1v) is 6.27. The molecule has 1 amide bonds. The van der Waals surface area contributed by atoms with E-state index in [0.717, 1.165) is 0 Å². The van der Waals surface area contributed by atoms with Crippen molar-refractivity contribution in [2.75, 3.05) is 7.11 Å². The van der Waals surface area contributed by atoms with E-state index in [1.54, 1.807) is 0 Å². The third-order valence-electron chi connectivity index (χ3n) is 3.41. The molecule has 1 fully saturated rings. The average Bonchev–Trinajstić information content (AvgIpc) is 3.17. The van der Waals surface area contributed by atoms with Gasteiger partial charge in [-0.25, -0.2) is 13.6 Å². The standard InChI is InChI=1S/C14H15F2NO3/c1-7(14(19)20-2)17-13(18)9-6-8(9)12-10(15)4-3-5-11(12)16/h3-5,7-9H,6H2,1-2H3,(H,17,18)/t7-,8-,9+/m0/s1. The normalized spacial score (nSPS) is 22.0. The van der Waals surface area contributed by atoms with Crippen LogP contribution in [0, 0.1) is 17.6 Å². The maximum absolute atomic E-state index is 13.6. The SMILES string of the molecule is COC(=O)[C@H](C)NC(=O)[C@@H]1C[C@@H]1c1c(F)cccc1F. The summed E-state index contributed by atoms with van der Waals surface area (Å²) < 4.78 is 31.6. The van der Waals surface area contributed by atoms with Gasteiger partial charge in [-0.15, -0.1) is 0 Å². The van der Waals surface area contributed by atoms with E-state index in [1.165, 1.54) is 32.2 Å². The molecule has 0 spiro atoms. The molecule has 0 unspecified atom stereocenters. The molecule has 0 radical (unpaired) electrons. The van der Waals surface area contributed by atoms with Crippen molar-refractivity contribution in [2.45, 2.75) is 25.3 Å². The molecule has 0 saturated heterocycles. The molecule has 0 bridgehead atoms. The highest BCUT2D eigenvalue weighted by Crippen LogP contribution is 2.49. The van der Waals surface area contributed by atoms with E-state index in [-0.39, 0.29) is 5.56 Å². The fourth-order valence-electron chi connectivity index (χ4n) is 2.22. The topological polar surface area (TPSA) is 55.4 Å². The van der Waals surface area contributed by atoms with Crippen molar-refractivity contribution >= 4 is 11.9 Å². The van der Waals surface area contributed by atoms with Crippen molar-refractivity contribution in [1.82, 2.24) is 5.32 Å². The summed E-state index contributed by atoms with van der Waals surface area (Å²) in [5.41, 5.74) is -0.0571. The summed E-state index contributed by atoms with van der Waals surface area (Å²) in [6.07, 6.45) is 0.373. The van der Waals surface area contributed by atoms with Crippen LogP contribution in [0.5, 0.6) is 0 Å². The van der Waals surface area contributed by atoms with Crippen molar-refractivity contribution in [1.29, 1.82) is 0 Å². The summed E-state index contributed by atoms with van der Waals surface area (Å²) in [7, 11) is 1.22. The lowest BCUT2D eigenvalue weighted by atomic mass is 10.1. The molecule has 2 rings (SSSR count). The number of carbonyl (C=O) groups excluding carboxylic acids is 2. The predicted octanol–water partition coefficient (Wildman–Crippen LogP) is 1.75. The maximum atomic E-state index is 13.6. The third-order valence-corrected chi connectivity index (χ3v) is 3.41. The Bertz CT molecular complexity index is 527. The van der Waals surface area contributed by atoms with Gasteiger partial charge in [0.2, 0.25) is 5.91 Å². The van der Waals surface area contributed by atoms with Crippen LogP contribution in [-0.2, 0) is 14.3 Å². The van der Waals surface area contributed by atoms with Gasteiger partial charge < -0.3 is 10.1 Å². The molecule has 0 heterocycles. The molecule has 1 aliphatic carbocycles. The second-order valence-electron chi connectivity index (χ2n) is 4.84. The van der Waals surface area contributed by atoms with Gasteiger partial charge in [-0.05, 0) is 25.5 Å². The highest BCUT2D eigenvalue weighted by Gasteiger charge is 2.47. The summed E-state index contributed by atoms with van der Waals surface area (Å²) in [6.45, 7) is 1.49. The lowest BCUT2D eigenvalue weighted by Gasteiger charge is -2.11. The van der Waals surface area contributed by atoms with Crippen LogP contribution in [0.15, 0.2) is 18.2 Å². The zero-order chi connectivity index (χ0) is 14.9. The summed E-state index contributed by atoms with van der Waals surface area (Å²) in [4.78, 5) is 23.1. The summed E-state index contributed by atoms with van der Waals surface area (Å²) in [6, 6.07) is 2.84. The Morgan fingerprint density at radius 1 is 1.35 bits per heavy atom. The van der Waals surface area contributed by atoms with Crippen molar-refractivity contribution in [2.24, 2.45) is 5.92 Å². The quantitative estimate of drug-likeness (QED) is 0.856. The largest absolute Gasteiger partial charge is 0.467 e. The van der Waals surface area contributed by atoms with Gasteiger partial charge in [-0.2, -0.15) is 0 Å². The molecule has 1 aromatic rings. The highest BCUT2D eigenvalue weighted by molar-refractivity contribution is 5.87. The van der Waals surface area contributed by atoms with Gasteiger partial charge >= 0.3 is 5.97 Å². The number of hydrogen-bond donors (Lipinski definition) is 1. The second kappa shape index (κ2) is 5.56. The Labute approximate surface area is 115 Å². The molecule has 1 saturated carbocycles. The molecular formula is C14H15F2NO3. The summed E-state index contributed by atoms with van der Waals surface area (Å²) in [5, 5.41) is 2.47. The number of rotatable bonds is 4. The molecule has 4 nitrogen and oxygen atoms in total. The first kappa shape index (κ1) is 14.4. The third kappa shape index (κ3) is 2.79. The number of halogens is 2. The minimum Gasteiger partial charge on any atom is -0.467 e. The van der Waals surface area contributed by atoms with Gasteiger partial charge in [0.1, 0.15) is 17.7 Å². The van der Waals surface area contributed by atoms with Crippen molar-refractivity contribution in [3.8, 4) is 0 Å². The van der Waals surface area contributed by atoms with E-state index in [2.05, 4.69) is 10.1 Å². The van der Waals surface area contributed by atoms with Crippen LogP contribution < -0.4 is 5.32 Å². The molecular weight excluding hydrogens is 268 g/mol. The molecule has 0 aromatic heterocycles. The minimum atomic E-state index is -0.779. The van der Waals surface area contributed by atoms with Crippen LogP contribution in [0.3, 0.4) is 0 Å². The fourth-order valence-corrected chi connectivity index (χ4v) is 2.22. The van der Waals surface area contributed by atoms with E-state index < -0.39 is 41.4 Å². The Balaban J connectivity index is 2.01. The molecule has 6 heteroatoms. The first-order valence-electron chi connectivity index (χ1n) is 6.27. The Morgan fingerprint density at radius 3 is 2.50 bits per heavy atom. The summed E-state index contributed by atoms with van der Waals surface area (Å²) in [5.74, 6) is -3.23. The van der Waals surface area contributed by atoms with Crippen LogP contribution in [0.25, 0.3) is 0 Å². The Morgan fingerprint density at radius 2 is 1.95 bits per heavy atom. The maximum Gasteiger partial charge on any atom is 0.328 e. The summed E-state index contributed by atoms with van der Waals surface area (Å²) >= 11 is 0. The molecule has 108 valence electrons. The second-order valence-corrected chi connectivity index (χ2v) is 4.84. The first-order chi connectivity index (χ1) is 9.45. The van der Waals surface area contributed by atoms with Gasteiger partial charge in [0.05, 0.1) is 7.11 Å².